The maximum atomic E-state index is 13.4. The maximum Gasteiger partial charge on any atom is 0.260 e. The second-order valence-corrected chi connectivity index (χ2v) is 8.19. The first kappa shape index (κ1) is 19.4. The third-order valence-electron chi connectivity index (χ3n) is 4.56. The molecule has 0 bridgehead atoms. The summed E-state index contributed by atoms with van der Waals surface area (Å²) in [6.07, 6.45) is 3.44. The molecule has 2 heterocycles. The van der Waals surface area contributed by atoms with Crippen molar-refractivity contribution < 1.29 is 4.79 Å². The SMILES string of the molecule is CN(C)c1ccc(C(=O)N(Cc2ccncc2)c2nc3c(Cl)cccc3s2)cc1. The van der Waals surface area contributed by atoms with Gasteiger partial charge in [-0.05, 0) is 54.1 Å². The van der Waals surface area contributed by atoms with E-state index in [0.29, 0.717) is 27.8 Å². The van der Waals surface area contributed by atoms with Gasteiger partial charge in [0.2, 0.25) is 0 Å². The minimum Gasteiger partial charge on any atom is -0.378 e. The van der Waals surface area contributed by atoms with E-state index < -0.39 is 0 Å². The van der Waals surface area contributed by atoms with Crippen LogP contribution in [0.4, 0.5) is 10.8 Å². The Morgan fingerprint density at radius 1 is 1.03 bits per heavy atom. The quantitative estimate of drug-likeness (QED) is 0.440. The van der Waals surface area contributed by atoms with Crippen molar-refractivity contribution in [2.75, 3.05) is 23.9 Å². The van der Waals surface area contributed by atoms with Crippen molar-refractivity contribution in [3.05, 3.63) is 83.1 Å². The van der Waals surface area contributed by atoms with Gasteiger partial charge in [-0.1, -0.05) is 29.0 Å². The molecule has 4 rings (SSSR count). The fraction of sp³-hybridized carbons (Fsp3) is 0.136. The van der Waals surface area contributed by atoms with Gasteiger partial charge in [0.25, 0.3) is 5.91 Å². The van der Waals surface area contributed by atoms with Gasteiger partial charge in [0.15, 0.2) is 5.13 Å². The minimum absolute atomic E-state index is 0.109. The molecule has 0 fully saturated rings. The zero-order chi connectivity index (χ0) is 20.4. The van der Waals surface area contributed by atoms with E-state index in [2.05, 4.69) is 9.97 Å². The van der Waals surface area contributed by atoms with Crippen molar-refractivity contribution in [1.29, 1.82) is 0 Å². The number of aromatic nitrogens is 2. The smallest absolute Gasteiger partial charge is 0.260 e. The van der Waals surface area contributed by atoms with Crippen LogP contribution in [0.3, 0.4) is 0 Å². The summed E-state index contributed by atoms with van der Waals surface area (Å²) < 4.78 is 0.947. The predicted octanol–water partition coefficient (Wildman–Crippen LogP) is 5.26. The maximum absolute atomic E-state index is 13.4. The van der Waals surface area contributed by atoms with Crippen LogP contribution in [0.2, 0.25) is 5.02 Å². The molecule has 0 radical (unpaired) electrons. The molecule has 4 aromatic rings. The molecule has 7 heteroatoms. The van der Waals surface area contributed by atoms with Crippen molar-refractivity contribution in [3.63, 3.8) is 0 Å². The highest BCUT2D eigenvalue weighted by Gasteiger charge is 2.22. The number of para-hydroxylation sites is 1. The van der Waals surface area contributed by atoms with E-state index in [1.54, 1.807) is 17.3 Å². The average molecular weight is 423 g/mol. The molecule has 5 nitrogen and oxygen atoms in total. The second kappa shape index (κ2) is 8.19. The lowest BCUT2D eigenvalue weighted by Crippen LogP contribution is -2.30. The average Bonchev–Trinajstić information content (AvgIpc) is 3.18. The zero-order valence-electron chi connectivity index (χ0n) is 16.0. The summed E-state index contributed by atoms with van der Waals surface area (Å²) in [6.45, 7) is 0.397. The molecule has 0 aliphatic rings. The molecule has 0 spiro atoms. The summed E-state index contributed by atoms with van der Waals surface area (Å²) in [5, 5.41) is 1.20. The molecule has 146 valence electrons. The Morgan fingerprint density at radius 2 is 1.76 bits per heavy atom. The van der Waals surface area contributed by atoms with Crippen molar-refractivity contribution in [3.8, 4) is 0 Å². The van der Waals surface area contributed by atoms with E-state index in [4.69, 9.17) is 11.6 Å². The molecular weight excluding hydrogens is 404 g/mol. The first-order valence-electron chi connectivity index (χ1n) is 9.06. The Labute approximate surface area is 178 Å². The molecule has 0 N–H and O–H groups in total. The molecule has 0 aliphatic carbocycles. The number of rotatable bonds is 5. The van der Waals surface area contributed by atoms with E-state index in [0.717, 1.165) is 16.0 Å². The van der Waals surface area contributed by atoms with Crippen LogP contribution in [-0.2, 0) is 6.54 Å². The normalized spacial score (nSPS) is 10.9. The van der Waals surface area contributed by atoms with Crippen molar-refractivity contribution in [2.45, 2.75) is 6.54 Å². The number of amides is 1. The van der Waals surface area contributed by atoms with Gasteiger partial charge in [-0.3, -0.25) is 14.7 Å². The van der Waals surface area contributed by atoms with E-state index >= 15 is 0 Å². The Morgan fingerprint density at radius 3 is 2.41 bits per heavy atom. The highest BCUT2D eigenvalue weighted by atomic mass is 35.5. The number of hydrogen-bond donors (Lipinski definition) is 0. The number of carbonyl (C=O) groups is 1. The standard InChI is InChI=1S/C22H19ClN4OS/c1-26(2)17-8-6-16(7-9-17)21(28)27(14-15-10-12-24-13-11-15)22-25-20-18(23)4-3-5-19(20)29-22/h3-13H,14H2,1-2H3. The summed E-state index contributed by atoms with van der Waals surface area (Å²) in [6, 6.07) is 17.0. The van der Waals surface area contributed by atoms with E-state index in [1.165, 1.54) is 11.3 Å². The molecule has 2 aromatic heterocycles. The van der Waals surface area contributed by atoms with E-state index in [1.807, 2.05) is 73.6 Å². The highest BCUT2D eigenvalue weighted by Crippen LogP contribution is 2.34. The van der Waals surface area contributed by atoms with Crippen molar-refractivity contribution in [1.82, 2.24) is 9.97 Å². The van der Waals surface area contributed by atoms with Crippen LogP contribution < -0.4 is 9.80 Å². The third-order valence-corrected chi connectivity index (χ3v) is 5.90. The summed E-state index contributed by atoms with van der Waals surface area (Å²) in [5.41, 5.74) is 3.33. The molecule has 0 saturated heterocycles. The number of benzene rings is 2. The van der Waals surface area contributed by atoms with Crippen molar-refractivity contribution in [2.24, 2.45) is 0 Å². The lowest BCUT2D eigenvalue weighted by atomic mass is 10.1. The molecule has 29 heavy (non-hydrogen) atoms. The van der Waals surface area contributed by atoms with Crippen LogP contribution in [0, 0.1) is 0 Å². The number of carbonyl (C=O) groups excluding carboxylic acids is 1. The van der Waals surface area contributed by atoms with Gasteiger partial charge in [-0.15, -0.1) is 0 Å². The Kier molecular flexibility index (Phi) is 5.47. The van der Waals surface area contributed by atoms with Crippen LogP contribution >= 0.6 is 22.9 Å². The fourth-order valence-corrected chi connectivity index (χ4v) is 4.24. The van der Waals surface area contributed by atoms with Crippen molar-refractivity contribution >= 4 is 49.9 Å². The molecule has 1 amide bonds. The second-order valence-electron chi connectivity index (χ2n) is 6.77. The largest absolute Gasteiger partial charge is 0.378 e. The highest BCUT2D eigenvalue weighted by molar-refractivity contribution is 7.22. The summed E-state index contributed by atoms with van der Waals surface area (Å²) >= 11 is 7.76. The fourth-order valence-electron chi connectivity index (χ4n) is 2.97. The van der Waals surface area contributed by atoms with Gasteiger partial charge in [0, 0.05) is 37.7 Å². The Balaban J connectivity index is 1.74. The van der Waals surface area contributed by atoms with Crippen LogP contribution in [-0.4, -0.2) is 30.0 Å². The molecule has 2 aromatic carbocycles. The van der Waals surface area contributed by atoms with Gasteiger partial charge in [0.05, 0.1) is 16.3 Å². The van der Waals surface area contributed by atoms with Crippen LogP contribution in [0.1, 0.15) is 15.9 Å². The third kappa shape index (κ3) is 4.09. The Bertz CT molecular complexity index is 1140. The monoisotopic (exact) mass is 422 g/mol. The number of halogens is 1. The molecule has 0 unspecified atom stereocenters. The summed E-state index contributed by atoms with van der Waals surface area (Å²) in [4.78, 5) is 25.8. The molecule has 0 aliphatic heterocycles. The van der Waals surface area contributed by atoms with Crippen LogP contribution in [0.15, 0.2) is 67.0 Å². The lowest BCUT2D eigenvalue weighted by Gasteiger charge is -2.20. The number of pyridine rings is 1. The van der Waals surface area contributed by atoms with E-state index in [9.17, 15) is 4.79 Å². The Hall–Kier alpha value is -2.96. The molecular formula is C22H19ClN4OS. The van der Waals surface area contributed by atoms with Crippen LogP contribution in [0.5, 0.6) is 0 Å². The lowest BCUT2D eigenvalue weighted by molar-refractivity contribution is 0.0985. The van der Waals surface area contributed by atoms with Gasteiger partial charge in [-0.2, -0.15) is 0 Å². The van der Waals surface area contributed by atoms with Gasteiger partial charge < -0.3 is 4.90 Å². The van der Waals surface area contributed by atoms with Gasteiger partial charge >= 0.3 is 0 Å². The topological polar surface area (TPSA) is 49.3 Å². The number of thiazole rings is 1. The number of fused-ring (bicyclic) bond motifs is 1. The van der Waals surface area contributed by atoms with Gasteiger partial charge in [-0.25, -0.2) is 4.98 Å². The minimum atomic E-state index is -0.109. The van der Waals surface area contributed by atoms with Crippen LogP contribution in [0.25, 0.3) is 10.2 Å². The summed E-state index contributed by atoms with van der Waals surface area (Å²) in [5.74, 6) is -0.109. The molecule has 0 saturated carbocycles. The first-order chi connectivity index (χ1) is 14.0. The van der Waals surface area contributed by atoms with E-state index in [-0.39, 0.29) is 5.91 Å². The van der Waals surface area contributed by atoms with Gasteiger partial charge in [0.1, 0.15) is 5.52 Å². The first-order valence-corrected chi connectivity index (χ1v) is 10.3. The number of nitrogens with zero attached hydrogens (tertiary/aromatic N) is 4. The summed E-state index contributed by atoms with van der Waals surface area (Å²) in [7, 11) is 3.94. The predicted molar refractivity (Wildman–Crippen MR) is 120 cm³/mol. The number of hydrogen-bond acceptors (Lipinski definition) is 5. The molecule has 0 atom stereocenters. The zero-order valence-corrected chi connectivity index (χ0v) is 17.6. The number of anilines is 2.